The highest BCUT2D eigenvalue weighted by Crippen LogP contribution is 2.28. The molecule has 0 unspecified atom stereocenters. The van der Waals surface area contributed by atoms with Crippen LogP contribution in [0.25, 0.3) is 16.8 Å². The van der Waals surface area contributed by atoms with Gasteiger partial charge in [-0.2, -0.15) is 5.26 Å². The second-order valence-electron chi connectivity index (χ2n) is 4.98. The first-order valence-corrected chi connectivity index (χ1v) is 8.74. The molecule has 1 N–H and O–H groups in total. The van der Waals surface area contributed by atoms with Crippen molar-refractivity contribution >= 4 is 45.8 Å². The molecule has 2 aromatic carbocycles. The standard InChI is InChI=1S/C18H10Cl2FN3S/c19-13-3-6-15(20)16(7-13)23-9-12(8-22)18-24-17(10-25-18)11-1-4-14(21)5-2-11/h1-7,9-10,23H/b12-9+. The van der Waals surface area contributed by atoms with Gasteiger partial charge in [0.05, 0.1) is 16.4 Å². The van der Waals surface area contributed by atoms with Crippen LogP contribution in [0.3, 0.4) is 0 Å². The van der Waals surface area contributed by atoms with E-state index in [4.69, 9.17) is 23.2 Å². The third kappa shape index (κ3) is 4.18. The van der Waals surface area contributed by atoms with Gasteiger partial charge in [0, 0.05) is 22.2 Å². The summed E-state index contributed by atoms with van der Waals surface area (Å²) in [6, 6.07) is 13.2. The summed E-state index contributed by atoms with van der Waals surface area (Å²) in [5.74, 6) is -0.306. The number of benzene rings is 2. The fraction of sp³-hybridized carbons (Fsp3) is 0. The zero-order chi connectivity index (χ0) is 17.8. The van der Waals surface area contributed by atoms with E-state index < -0.39 is 0 Å². The van der Waals surface area contributed by atoms with Crippen LogP contribution >= 0.6 is 34.5 Å². The average molecular weight is 390 g/mol. The lowest BCUT2D eigenvalue weighted by atomic mass is 10.2. The number of hydrogen-bond donors (Lipinski definition) is 1. The van der Waals surface area contributed by atoms with Gasteiger partial charge in [-0.1, -0.05) is 23.2 Å². The van der Waals surface area contributed by atoms with Crippen molar-refractivity contribution in [2.75, 3.05) is 5.32 Å². The Morgan fingerprint density at radius 2 is 1.96 bits per heavy atom. The summed E-state index contributed by atoms with van der Waals surface area (Å²) < 4.78 is 13.0. The van der Waals surface area contributed by atoms with Crippen molar-refractivity contribution in [1.82, 2.24) is 4.98 Å². The maximum Gasteiger partial charge on any atom is 0.136 e. The molecule has 0 aliphatic carbocycles. The molecular weight excluding hydrogens is 380 g/mol. The van der Waals surface area contributed by atoms with Gasteiger partial charge >= 0.3 is 0 Å². The van der Waals surface area contributed by atoms with E-state index in [-0.39, 0.29) is 5.82 Å². The number of aromatic nitrogens is 1. The van der Waals surface area contributed by atoms with Gasteiger partial charge in [0.15, 0.2) is 0 Å². The van der Waals surface area contributed by atoms with Crippen LogP contribution in [0, 0.1) is 17.1 Å². The summed E-state index contributed by atoms with van der Waals surface area (Å²) in [7, 11) is 0. The minimum atomic E-state index is -0.306. The molecule has 1 heterocycles. The summed E-state index contributed by atoms with van der Waals surface area (Å²) in [4.78, 5) is 4.44. The molecule has 0 amide bonds. The van der Waals surface area contributed by atoms with E-state index in [1.807, 2.05) is 5.38 Å². The molecule has 25 heavy (non-hydrogen) atoms. The van der Waals surface area contributed by atoms with E-state index in [0.717, 1.165) is 5.56 Å². The van der Waals surface area contributed by atoms with E-state index >= 15 is 0 Å². The van der Waals surface area contributed by atoms with Crippen molar-refractivity contribution in [1.29, 1.82) is 5.26 Å². The second kappa shape index (κ2) is 7.66. The number of nitriles is 1. The maximum absolute atomic E-state index is 13.0. The number of thiazole rings is 1. The first-order valence-electron chi connectivity index (χ1n) is 7.10. The number of anilines is 1. The summed E-state index contributed by atoms with van der Waals surface area (Å²) in [6.45, 7) is 0. The Morgan fingerprint density at radius 1 is 1.20 bits per heavy atom. The number of hydrogen-bond acceptors (Lipinski definition) is 4. The van der Waals surface area contributed by atoms with Gasteiger partial charge in [-0.25, -0.2) is 9.37 Å². The molecule has 0 aliphatic rings. The fourth-order valence-electron chi connectivity index (χ4n) is 2.05. The third-order valence-corrected chi connectivity index (χ3v) is 4.74. The molecule has 124 valence electrons. The SMILES string of the molecule is N#C/C(=C\Nc1cc(Cl)ccc1Cl)c1nc(-c2ccc(F)cc2)cs1. The maximum atomic E-state index is 13.0. The van der Waals surface area contributed by atoms with E-state index in [0.29, 0.717) is 32.0 Å². The van der Waals surface area contributed by atoms with E-state index in [9.17, 15) is 9.65 Å². The second-order valence-corrected chi connectivity index (χ2v) is 6.68. The normalized spacial score (nSPS) is 11.2. The summed E-state index contributed by atoms with van der Waals surface area (Å²) in [5.41, 5.74) is 2.42. The zero-order valence-corrected chi connectivity index (χ0v) is 15.0. The van der Waals surface area contributed by atoms with Gasteiger partial charge in [0.25, 0.3) is 0 Å². The highest BCUT2D eigenvalue weighted by Gasteiger charge is 2.09. The quantitative estimate of drug-likeness (QED) is 0.537. The van der Waals surface area contributed by atoms with Gasteiger partial charge in [-0.15, -0.1) is 11.3 Å². The number of nitrogens with one attached hydrogen (secondary N) is 1. The van der Waals surface area contributed by atoms with Gasteiger partial charge in [-0.05, 0) is 42.5 Å². The third-order valence-electron chi connectivity index (χ3n) is 3.30. The van der Waals surface area contributed by atoms with Crippen LogP contribution in [0.2, 0.25) is 10.0 Å². The van der Waals surface area contributed by atoms with Crippen LogP contribution in [-0.2, 0) is 0 Å². The largest absolute Gasteiger partial charge is 0.359 e. The van der Waals surface area contributed by atoms with Crippen LogP contribution in [0.5, 0.6) is 0 Å². The van der Waals surface area contributed by atoms with Crippen molar-refractivity contribution < 1.29 is 4.39 Å². The van der Waals surface area contributed by atoms with Crippen molar-refractivity contribution in [3.05, 3.63) is 74.9 Å². The predicted octanol–water partition coefficient (Wildman–Crippen LogP) is 6.23. The monoisotopic (exact) mass is 389 g/mol. The van der Waals surface area contributed by atoms with Gasteiger partial charge < -0.3 is 5.32 Å². The van der Waals surface area contributed by atoms with E-state index in [1.54, 1.807) is 30.3 Å². The molecule has 3 aromatic rings. The molecule has 1 aromatic heterocycles. The Morgan fingerprint density at radius 3 is 2.68 bits per heavy atom. The Hall–Kier alpha value is -2.39. The lowest BCUT2D eigenvalue weighted by Gasteiger charge is -2.04. The molecule has 0 saturated heterocycles. The van der Waals surface area contributed by atoms with Crippen molar-refractivity contribution in [3.8, 4) is 17.3 Å². The van der Waals surface area contributed by atoms with Gasteiger partial charge in [0.1, 0.15) is 22.5 Å². The van der Waals surface area contributed by atoms with Crippen molar-refractivity contribution in [2.24, 2.45) is 0 Å². The first-order chi connectivity index (χ1) is 12.1. The number of rotatable bonds is 4. The Kier molecular flexibility index (Phi) is 5.34. The van der Waals surface area contributed by atoms with Crippen LogP contribution < -0.4 is 5.32 Å². The predicted molar refractivity (Wildman–Crippen MR) is 101 cm³/mol. The lowest BCUT2D eigenvalue weighted by molar-refractivity contribution is 0.628. The number of halogens is 3. The Labute approximate surface area is 158 Å². The molecule has 3 rings (SSSR count). The molecule has 0 fully saturated rings. The van der Waals surface area contributed by atoms with Crippen LogP contribution in [0.4, 0.5) is 10.1 Å². The summed E-state index contributed by atoms with van der Waals surface area (Å²) in [5, 5.41) is 15.8. The molecule has 0 bridgehead atoms. The molecule has 0 spiro atoms. The Bertz CT molecular complexity index is 975. The molecular formula is C18H10Cl2FN3S. The minimum absolute atomic E-state index is 0.306. The highest BCUT2D eigenvalue weighted by molar-refractivity contribution is 7.11. The molecule has 0 saturated carbocycles. The van der Waals surface area contributed by atoms with Crippen LogP contribution in [-0.4, -0.2) is 4.98 Å². The molecule has 7 heteroatoms. The van der Waals surface area contributed by atoms with Gasteiger partial charge in [0.2, 0.25) is 0 Å². The van der Waals surface area contributed by atoms with Crippen LogP contribution in [0.15, 0.2) is 54.0 Å². The fourth-order valence-corrected chi connectivity index (χ4v) is 3.19. The highest BCUT2D eigenvalue weighted by atomic mass is 35.5. The average Bonchev–Trinajstić information content (AvgIpc) is 3.09. The molecule has 0 aliphatic heterocycles. The lowest BCUT2D eigenvalue weighted by Crippen LogP contribution is -1.92. The Balaban J connectivity index is 1.85. The van der Waals surface area contributed by atoms with Crippen molar-refractivity contribution in [2.45, 2.75) is 0 Å². The summed E-state index contributed by atoms with van der Waals surface area (Å²) >= 11 is 13.4. The topological polar surface area (TPSA) is 48.7 Å². The number of nitrogens with zero attached hydrogens (tertiary/aromatic N) is 2. The molecule has 0 atom stereocenters. The van der Waals surface area contributed by atoms with Crippen LogP contribution in [0.1, 0.15) is 5.01 Å². The van der Waals surface area contributed by atoms with E-state index in [2.05, 4.69) is 16.4 Å². The number of allylic oxidation sites excluding steroid dienone is 1. The minimum Gasteiger partial charge on any atom is -0.359 e. The molecule has 0 radical (unpaired) electrons. The van der Waals surface area contributed by atoms with E-state index in [1.165, 1.54) is 29.7 Å². The molecule has 3 nitrogen and oxygen atoms in total. The van der Waals surface area contributed by atoms with Crippen molar-refractivity contribution in [3.63, 3.8) is 0 Å². The summed E-state index contributed by atoms with van der Waals surface area (Å²) in [6.07, 6.45) is 1.53. The van der Waals surface area contributed by atoms with Gasteiger partial charge in [-0.3, -0.25) is 0 Å². The smallest absolute Gasteiger partial charge is 0.136 e. The zero-order valence-electron chi connectivity index (χ0n) is 12.6. The first kappa shape index (κ1) is 17.4.